The molecule has 138 valence electrons. The Kier molecular flexibility index (Phi) is 5.74. The first-order valence-electron chi connectivity index (χ1n) is 9.54. The van der Waals surface area contributed by atoms with Gasteiger partial charge < -0.3 is 15.3 Å². The second-order valence-electron chi connectivity index (χ2n) is 7.45. The van der Waals surface area contributed by atoms with Crippen LogP contribution in [0.1, 0.15) is 57.1 Å². The van der Waals surface area contributed by atoms with Crippen molar-refractivity contribution in [3.8, 4) is 0 Å². The van der Waals surface area contributed by atoms with E-state index in [9.17, 15) is 14.3 Å². The molecule has 5 heteroatoms. The summed E-state index contributed by atoms with van der Waals surface area (Å²) in [7, 11) is 0. The monoisotopic (exact) mass is 348 g/mol. The van der Waals surface area contributed by atoms with E-state index < -0.39 is 6.10 Å². The van der Waals surface area contributed by atoms with Crippen LogP contribution in [-0.2, 0) is 4.79 Å². The first-order chi connectivity index (χ1) is 12.1. The Morgan fingerprint density at radius 2 is 2.00 bits per heavy atom. The van der Waals surface area contributed by atoms with Gasteiger partial charge >= 0.3 is 0 Å². The lowest BCUT2D eigenvalue weighted by atomic mass is 9.83. The second-order valence-corrected chi connectivity index (χ2v) is 7.45. The number of aliphatic hydroxyl groups excluding tert-OH is 1. The number of nitrogens with zero attached hydrogens (tertiary/aromatic N) is 1. The fourth-order valence-electron chi connectivity index (χ4n) is 4.26. The molecule has 0 aliphatic carbocycles. The largest absolute Gasteiger partial charge is 0.388 e. The summed E-state index contributed by atoms with van der Waals surface area (Å²) in [6, 6.07) is 6.07. The number of rotatable bonds is 4. The van der Waals surface area contributed by atoms with E-state index in [0.29, 0.717) is 13.1 Å². The maximum absolute atomic E-state index is 13.0. The third-order valence-corrected chi connectivity index (χ3v) is 5.99. The topological polar surface area (TPSA) is 52.6 Å². The summed E-state index contributed by atoms with van der Waals surface area (Å²) in [5.74, 6) is 0.0528. The SMILES string of the molecule is CC[C@@]1(C(=O)N2CCC(C(O)c3ccc(F)cc3)CC2)CCCCN1. The summed E-state index contributed by atoms with van der Waals surface area (Å²) in [6.07, 6.45) is 4.96. The molecule has 0 aromatic heterocycles. The number of nitrogens with one attached hydrogen (secondary N) is 1. The zero-order valence-electron chi connectivity index (χ0n) is 15.0. The van der Waals surface area contributed by atoms with Crippen LogP contribution in [0.15, 0.2) is 24.3 Å². The third-order valence-electron chi connectivity index (χ3n) is 5.99. The molecular weight excluding hydrogens is 319 g/mol. The third kappa shape index (κ3) is 3.87. The van der Waals surface area contributed by atoms with Crippen molar-refractivity contribution in [2.45, 2.75) is 57.1 Å². The van der Waals surface area contributed by atoms with Gasteiger partial charge in [0.2, 0.25) is 5.91 Å². The number of hydrogen-bond donors (Lipinski definition) is 2. The lowest BCUT2D eigenvalue weighted by molar-refractivity contribution is -0.141. The van der Waals surface area contributed by atoms with Crippen molar-refractivity contribution in [2.75, 3.05) is 19.6 Å². The number of likely N-dealkylation sites (tertiary alicyclic amines) is 1. The van der Waals surface area contributed by atoms with E-state index in [1.165, 1.54) is 12.1 Å². The Hall–Kier alpha value is -1.46. The number of benzene rings is 1. The molecule has 2 fully saturated rings. The van der Waals surface area contributed by atoms with Gasteiger partial charge in [0.05, 0.1) is 11.6 Å². The van der Waals surface area contributed by atoms with Gasteiger partial charge in [-0.2, -0.15) is 0 Å². The number of halogens is 1. The first kappa shape index (κ1) is 18.3. The smallest absolute Gasteiger partial charge is 0.242 e. The molecule has 2 heterocycles. The normalized spacial score (nSPS) is 26.4. The van der Waals surface area contributed by atoms with Crippen LogP contribution in [0, 0.1) is 11.7 Å². The first-order valence-corrected chi connectivity index (χ1v) is 9.54. The molecule has 2 aliphatic heterocycles. The van der Waals surface area contributed by atoms with Gasteiger partial charge in [0, 0.05) is 13.1 Å². The van der Waals surface area contributed by atoms with Crippen LogP contribution in [0.2, 0.25) is 0 Å². The molecule has 0 bridgehead atoms. The van der Waals surface area contributed by atoms with Gasteiger partial charge in [0.15, 0.2) is 0 Å². The molecule has 2 N–H and O–H groups in total. The lowest BCUT2D eigenvalue weighted by Crippen LogP contribution is -2.60. The fourth-order valence-corrected chi connectivity index (χ4v) is 4.26. The van der Waals surface area contributed by atoms with Gasteiger partial charge in [-0.05, 0) is 68.7 Å². The molecule has 4 nitrogen and oxygen atoms in total. The zero-order valence-corrected chi connectivity index (χ0v) is 15.0. The summed E-state index contributed by atoms with van der Waals surface area (Å²) in [5, 5.41) is 14.0. The van der Waals surface area contributed by atoms with E-state index in [1.54, 1.807) is 12.1 Å². The molecule has 0 saturated carbocycles. The summed E-state index contributed by atoms with van der Waals surface area (Å²) < 4.78 is 13.0. The Labute approximate surface area is 149 Å². The van der Waals surface area contributed by atoms with E-state index in [-0.39, 0.29) is 23.2 Å². The van der Waals surface area contributed by atoms with Crippen molar-refractivity contribution in [3.05, 3.63) is 35.6 Å². The molecule has 3 rings (SSSR count). The minimum Gasteiger partial charge on any atom is -0.388 e. The van der Waals surface area contributed by atoms with Crippen LogP contribution in [0.3, 0.4) is 0 Å². The van der Waals surface area contributed by atoms with E-state index in [0.717, 1.165) is 50.6 Å². The molecule has 1 aromatic carbocycles. The zero-order chi connectivity index (χ0) is 17.9. The fraction of sp³-hybridized carbons (Fsp3) is 0.650. The number of carbonyl (C=O) groups is 1. The molecule has 1 amide bonds. The number of aliphatic hydroxyl groups is 1. The Balaban J connectivity index is 1.59. The van der Waals surface area contributed by atoms with Crippen molar-refractivity contribution in [3.63, 3.8) is 0 Å². The quantitative estimate of drug-likeness (QED) is 0.879. The van der Waals surface area contributed by atoms with Crippen LogP contribution in [0.4, 0.5) is 4.39 Å². The summed E-state index contributed by atoms with van der Waals surface area (Å²) in [6.45, 7) is 4.37. The average Bonchev–Trinajstić information content (AvgIpc) is 2.68. The minimum absolute atomic E-state index is 0.117. The summed E-state index contributed by atoms with van der Waals surface area (Å²) in [4.78, 5) is 15.0. The van der Waals surface area contributed by atoms with Gasteiger partial charge in [-0.25, -0.2) is 4.39 Å². The highest BCUT2D eigenvalue weighted by Crippen LogP contribution is 2.33. The minimum atomic E-state index is -0.592. The van der Waals surface area contributed by atoms with Gasteiger partial charge in [0.1, 0.15) is 5.82 Å². The standard InChI is InChI=1S/C20H29FN2O2/c1-2-20(11-3-4-12-22-20)19(25)23-13-9-16(10-14-23)18(24)15-5-7-17(21)8-6-15/h5-8,16,18,22,24H,2-4,9-14H2,1H3/t18?,20-/m0/s1. The number of amides is 1. The highest BCUT2D eigenvalue weighted by atomic mass is 19.1. The van der Waals surface area contributed by atoms with Crippen LogP contribution in [0.25, 0.3) is 0 Å². The number of carbonyl (C=O) groups excluding carboxylic acids is 1. The second kappa shape index (κ2) is 7.83. The van der Waals surface area contributed by atoms with Crippen molar-refractivity contribution < 1.29 is 14.3 Å². The molecule has 2 atom stereocenters. The van der Waals surface area contributed by atoms with Crippen molar-refractivity contribution in [2.24, 2.45) is 5.92 Å². The molecule has 1 aromatic rings. The highest BCUT2D eigenvalue weighted by molar-refractivity contribution is 5.86. The van der Waals surface area contributed by atoms with E-state index >= 15 is 0 Å². The van der Waals surface area contributed by atoms with Gasteiger partial charge in [-0.15, -0.1) is 0 Å². The Morgan fingerprint density at radius 3 is 2.56 bits per heavy atom. The average molecular weight is 348 g/mol. The van der Waals surface area contributed by atoms with Gasteiger partial charge in [0.25, 0.3) is 0 Å². The maximum atomic E-state index is 13.0. The molecule has 25 heavy (non-hydrogen) atoms. The molecule has 0 spiro atoms. The maximum Gasteiger partial charge on any atom is 0.242 e. The van der Waals surface area contributed by atoms with Crippen LogP contribution in [-0.4, -0.2) is 41.1 Å². The molecular formula is C20H29FN2O2. The number of hydrogen-bond acceptors (Lipinski definition) is 3. The van der Waals surface area contributed by atoms with Crippen molar-refractivity contribution in [1.82, 2.24) is 10.2 Å². The summed E-state index contributed by atoms with van der Waals surface area (Å²) in [5.41, 5.74) is 0.367. The lowest BCUT2D eigenvalue weighted by Gasteiger charge is -2.43. The van der Waals surface area contributed by atoms with E-state index in [2.05, 4.69) is 12.2 Å². The molecule has 2 saturated heterocycles. The van der Waals surface area contributed by atoms with Gasteiger partial charge in [-0.1, -0.05) is 19.1 Å². The number of piperidine rings is 2. The van der Waals surface area contributed by atoms with Crippen molar-refractivity contribution in [1.29, 1.82) is 0 Å². The highest BCUT2D eigenvalue weighted by Gasteiger charge is 2.41. The Bertz CT molecular complexity index is 576. The van der Waals surface area contributed by atoms with E-state index in [4.69, 9.17) is 0 Å². The Morgan fingerprint density at radius 1 is 1.32 bits per heavy atom. The molecule has 2 aliphatic rings. The van der Waals surface area contributed by atoms with Crippen LogP contribution in [0.5, 0.6) is 0 Å². The molecule has 0 radical (unpaired) electrons. The predicted octanol–water partition coefficient (Wildman–Crippen LogP) is 3.02. The van der Waals surface area contributed by atoms with Crippen molar-refractivity contribution >= 4 is 5.91 Å². The van der Waals surface area contributed by atoms with Crippen LogP contribution < -0.4 is 5.32 Å². The predicted molar refractivity (Wildman–Crippen MR) is 95.5 cm³/mol. The van der Waals surface area contributed by atoms with Gasteiger partial charge in [-0.3, -0.25) is 4.79 Å². The molecule has 1 unspecified atom stereocenters. The summed E-state index contributed by atoms with van der Waals surface area (Å²) >= 11 is 0. The van der Waals surface area contributed by atoms with Crippen LogP contribution >= 0.6 is 0 Å². The van der Waals surface area contributed by atoms with E-state index in [1.807, 2.05) is 4.90 Å².